The average molecular weight is 480 g/mol. The Hall–Kier alpha value is -2.96. The van der Waals surface area contributed by atoms with E-state index >= 15 is 0 Å². The molecule has 1 amide bonds. The number of aromatic nitrogens is 2. The van der Waals surface area contributed by atoms with Crippen molar-refractivity contribution in [3.8, 4) is 11.8 Å². The zero-order valence-electron chi connectivity index (χ0n) is 20.3. The molecule has 1 saturated heterocycles. The summed E-state index contributed by atoms with van der Waals surface area (Å²) in [4.78, 5) is 26.5. The molecular formula is C25H33N7OS. The third kappa shape index (κ3) is 4.93. The lowest BCUT2D eigenvalue weighted by molar-refractivity contribution is 0.0951. The van der Waals surface area contributed by atoms with Gasteiger partial charge in [0, 0.05) is 31.1 Å². The van der Waals surface area contributed by atoms with Gasteiger partial charge in [-0.05, 0) is 45.2 Å². The van der Waals surface area contributed by atoms with Crippen molar-refractivity contribution in [2.75, 3.05) is 36.9 Å². The second-order valence-electron chi connectivity index (χ2n) is 9.07. The molecule has 4 rings (SSSR count). The number of hydrogen-bond acceptors (Lipinski definition) is 7. The largest absolute Gasteiger partial charge is 0.371 e. The molecule has 34 heavy (non-hydrogen) atoms. The minimum atomic E-state index is -0.337. The summed E-state index contributed by atoms with van der Waals surface area (Å²) in [5.41, 5.74) is 7.56. The number of nitrogens with two attached hydrogens (primary N) is 1. The number of amides is 1. The van der Waals surface area contributed by atoms with E-state index in [9.17, 15) is 4.79 Å². The van der Waals surface area contributed by atoms with Crippen LogP contribution in [0.15, 0.2) is 34.2 Å². The smallest absolute Gasteiger partial charge is 0.272 e. The summed E-state index contributed by atoms with van der Waals surface area (Å²) >= 11 is 1.61. The van der Waals surface area contributed by atoms with Gasteiger partial charge in [0.1, 0.15) is 0 Å². The van der Waals surface area contributed by atoms with Crippen LogP contribution in [-0.2, 0) is 12.1 Å². The molecule has 9 heteroatoms. The van der Waals surface area contributed by atoms with Crippen molar-refractivity contribution in [3.63, 3.8) is 0 Å². The monoisotopic (exact) mass is 479 g/mol. The Bertz CT molecular complexity index is 1160. The van der Waals surface area contributed by atoms with Crippen molar-refractivity contribution >= 4 is 34.5 Å². The van der Waals surface area contributed by atoms with Crippen molar-refractivity contribution in [1.82, 2.24) is 14.9 Å². The van der Waals surface area contributed by atoms with Gasteiger partial charge in [0.15, 0.2) is 11.5 Å². The predicted molar refractivity (Wildman–Crippen MR) is 140 cm³/mol. The van der Waals surface area contributed by atoms with Crippen LogP contribution in [0.4, 0.5) is 11.8 Å². The highest BCUT2D eigenvalue weighted by Crippen LogP contribution is 2.39. The molecule has 0 bridgehead atoms. The highest BCUT2D eigenvalue weighted by atomic mass is 32.2. The van der Waals surface area contributed by atoms with Crippen molar-refractivity contribution in [3.05, 3.63) is 35.5 Å². The third-order valence-electron chi connectivity index (χ3n) is 6.13. The summed E-state index contributed by atoms with van der Waals surface area (Å²) in [6.45, 7) is 8.29. The van der Waals surface area contributed by atoms with Crippen LogP contribution in [0.3, 0.4) is 0 Å². The molecule has 4 N–H and O–H groups in total. The van der Waals surface area contributed by atoms with E-state index in [4.69, 9.17) is 15.7 Å². The van der Waals surface area contributed by atoms with Crippen LogP contribution in [0.5, 0.6) is 0 Å². The minimum Gasteiger partial charge on any atom is -0.371 e. The van der Waals surface area contributed by atoms with Gasteiger partial charge in [0.05, 0.1) is 23.7 Å². The fourth-order valence-corrected chi connectivity index (χ4v) is 5.73. The van der Waals surface area contributed by atoms with Gasteiger partial charge < -0.3 is 21.3 Å². The standard InChI is InChI=1S/C25H33N7OS/c1-5-6-14-32-21(22(27-4)29-24(32)31-13-9-10-17(26)16-31)23(33)28-15-20-30-25(2,3)18-11-7-8-12-19(18)34-20/h7-8,11-12,17,27H,9-10,13-16,26H2,1-4H3,(H,28,33). The van der Waals surface area contributed by atoms with Gasteiger partial charge >= 0.3 is 0 Å². The van der Waals surface area contributed by atoms with Crippen LogP contribution in [0.25, 0.3) is 0 Å². The molecule has 1 atom stereocenters. The molecule has 0 aliphatic carbocycles. The number of hydrogen-bond donors (Lipinski definition) is 3. The summed E-state index contributed by atoms with van der Waals surface area (Å²) < 4.78 is 1.89. The normalized spacial score (nSPS) is 18.9. The number of carbonyl (C=O) groups excluding carboxylic acids is 1. The number of carbonyl (C=O) groups is 1. The van der Waals surface area contributed by atoms with Crippen LogP contribution < -0.4 is 21.3 Å². The molecule has 1 aromatic carbocycles. The Morgan fingerprint density at radius 3 is 2.88 bits per heavy atom. The highest BCUT2D eigenvalue weighted by Gasteiger charge is 2.30. The van der Waals surface area contributed by atoms with Crippen LogP contribution in [0.1, 0.15) is 49.7 Å². The van der Waals surface area contributed by atoms with Crippen LogP contribution in [-0.4, -0.2) is 53.2 Å². The van der Waals surface area contributed by atoms with Crippen molar-refractivity contribution in [2.24, 2.45) is 10.7 Å². The number of benzene rings is 1. The number of thioether (sulfide) groups is 1. The molecule has 0 radical (unpaired) electrons. The van der Waals surface area contributed by atoms with Gasteiger partial charge in [-0.3, -0.25) is 14.4 Å². The summed E-state index contributed by atoms with van der Waals surface area (Å²) in [5.74, 6) is 7.09. The first-order valence-corrected chi connectivity index (χ1v) is 12.5. The zero-order valence-corrected chi connectivity index (χ0v) is 21.1. The second-order valence-corrected chi connectivity index (χ2v) is 10.2. The minimum absolute atomic E-state index is 0.0963. The maximum atomic E-state index is 13.5. The summed E-state index contributed by atoms with van der Waals surface area (Å²) in [6, 6.07) is 8.38. The van der Waals surface area contributed by atoms with Gasteiger partial charge in [0.25, 0.3) is 5.91 Å². The Morgan fingerprint density at radius 2 is 2.15 bits per heavy atom. The fourth-order valence-electron chi connectivity index (χ4n) is 4.48. The fraction of sp³-hybridized carbons (Fsp3) is 0.480. The first-order chi connectivity index (χ1) is 16.3. The van der Waals surface area contributed by atoms with E-state index in [1.807, 2.05) is 16.7 Å². The van der Waals surface area contributed by atoms with Crippen molar-refractivity contribution in [2.45, 2.75) is 56.6 Å². The molecule has 2 aliphatic heterocycles. The van der Waals surface area contributed by atoms with E-state index in [0.29, 0.717) is 31.1 Å². The quantitative estimate of drug-likeness (QED) is 0.551. The lowest BCUT2D eigenvalue weighted by Gasteiger charge is -2.31. The topological polar surface area (TPSA) is 101 Å². The van der Waals surface area contributed by atoms with Gasteiger partial charge in [-0.25, -0.2) is 0 Å². The molecular weight excluding hydrogens is 446 g/mol. The second kappa shape index (κ2) is 10.1. The molecule has 2 aromatic rings. The molecule has 180 valence electrons. The predicted octanol–water partition coefficient (Wildman–Crippen LogP) is 3.04. The summed E-state index contributed by atoms with van der Waals surface area (Å²) in [7, 11) is 1.78. The maximum Gasteiger partial charge on any atom is 0.272 e. The molecule has 0 saturated carbocycles. The average Bonchev–Trinajstić information content (AvgIpc) is 3.19. The number of imidazole rings is 1. The van der Waals surface area contributed by atoms with Gasteiger partial charge in [-0.1, -0.05) is 35.9 Å². The first-order valence-electron chi connectivity index (χ1n) is 11.7. The molecule has 2 aliphatic rings. The first kappa shape index (κ1) is 24.2. The molecule has 1 fully saturated rings. The Balaban J connectivity index is 1.59. The maximum absolute atomic E-state index is 13.5. The van der Waals surface area contributed by atoms with Crippen molar-refractivity contribution < 1.29 is 4.79 Å². The molecule has 0 spiro atoms. The van der Waals surface area contributed by atoms with Crippen LogP contribution >= 0.6 is 11.8 Å². The highest BCUT2D eigenvalue weighted by molar-refractivity contribution is 8.14. The van der Waals surface area contributed by atoms with E-state index < -0.39 is 0 Å². The zero-order chi connectivity index (χ0) is 24.3. The number of aliphatic imine (C=N–C) groups is 1. The lowest BCUT2D eigenvalue weighted by Crippen LogP contribution is -2.44. The van der Waals surface area contributed by atoms with Gasteiger partial charge in [0.2, 0.25) is 5.95 Å². The van der Waals surface area contributed by atoms with Gasteiger partial charge in [-0.2, -0.15) is 4.98 Å². The lowest BCUT2D eigenvalue weighted by atomic mass is 9.95. The van der Waals surface area contributed by atoms with E-state index in [-0.39, 0.29) is 17.5 Å². The van der Waals surface area contributed by atoms with E-state index in [0.717, 1.165) is 30.4 Å². The van der Waals surface area contributed by atoms with Gasteiger partial charge in [-0.15, -0.1) is 5.92 Å². The number of piperidine rings is 1. The third-order valence-corrected chi connectivity index (χ3v) is 7.18. The van der Waals surface area contributed by atoms with Crippen LogP contribution in [0.2, 0.25) is 0 Å². The summed E-state index contributed by atoms with van der Waals surface area (Å²) in [6.07, 6.45) is 2.00. The number of nitrogens with one attached hydrogen (secondary N) is 2. The van der Waals surface area contributed by atoms with Crippen molar-refractivity contribution in [1.29, 1.82) is 0 Å². The molecule has 1 unspecified atom stereocenters. The number of fused-ring (bicyclic) bond motifs is 1. The number of anilines is 2. The molecule has 3 heterocycles. The Morgan fingerprint density at radius 1 is 1.35 bits per heavy atom. The Kier molecular flexibility index (Phi) is 7.19. The number of nitrogens with zero attached hydrogens (tertiary/aromatic N) is 4. The van der Waals surface area contributed by atoms with Crippen LogP contribution in [0, 0.1) is 11.8 Å². The SMILES string of the molecule is CC#CCn1c(N2CCCC(N)C2)nc(NC)c1C(=O)NCC1=NC(C)(C)c2ccccc2S1. The molecule has 1 aromatic heterocycles. The van der Waals surface area contributed by atoms with E-state index in [1.165, 1.54) is 10.5 Å². The number of rotatable bonds is 6. The van der Waals surface area contributed by atoms with E-state index in [1.54, 1.807) is 25.7 Å². The molecule has 8 nitrogen and oxygen atoms in total. The van der Waals surface area contributed by atoms with E-state index in [2.05, 4.69) is 53.4 Å². The Labute approximate surface area is 205 Å². The summed E-state index contributed by atoms with van der Waals surface area (Å²) in [5, 5.41) is 7.04.